The van der Waals surface area contributed by atoms with Crippen LogP contribution in [-0.2, 0) is 12.8 Å². The Morgan fingerprint density at radius 1 is 1.29 bits per heavy atom. The minimum Gasteiger partial charge on any atom is -0.332 e. The largest absolute Gasteiger partial charge is 0.332 e. The first-order chi connectivity index (χ1) is 11.7. The van der Waals surface area contributed by atoms with Crippen molar-refractivity contribution < 1.29 is 4.79 Å². The molecule has 1 aliphatic heterocycles. The van der Waals surface area contributed by atoms with Gasteiger partial charge < -0.3 is 10.2 Å². The number of nitrogens with zero attached hydrogens (tertiary/aromatic N) is 3. The van der Waals surface area contributed by atoms with Gasteiger partial charge in [0.05, 0.1) is 5.69 Å². The number of hydrogen-bond acceptors (Lipinski definition) is 3. The molecule has 5 nitrogen and oxygen atoms in total. The van der Waals surface area contributed by atoms with Crippen LogP contribution in [-0.4, -0.2) is 46.3 Å². The molecular formula is C19H24N4O. The molecule has 126 valence electrons. The molecule has 1 aliphatic carbocycles. The number of rotatable bonds is 2. The quantitative estimate of drug-likeness (QED) is 0.920. The summed E-state index contributed by atoms with van der Waals surface area (Å²) >= 11 is 0. The lowest BCUT2D eigenvalue weighted by molar-refractivity contribution is 0.0648. The number of hydrogen-bond donors (Lipinski definition) is 1. The lowest BCUT2D eigenvalue weighted by Gasteiger charge is -2.33. The van der Waals surface area contributed by atoms with Crippen LogP contribution in [0.5, 0.6) is 0 Å². The number of carbonyl (C=O) groups is 1. The van der Waals surface area contributed by atoms with Crippen LogP contribution in [0.2, 0.25) is 0 Å². The smallest absolute Gasteiger partial charge is 0.274 e. The Morgan fingerprint density at radius 3 is 2.92 bits per heavy atom. The van der Waals surface area contributed by atoms with Gasteiger partial charge >= 0.3 is 0 Å². The lowest BCUT2D eigenvalue weighted by Crippen LogP contribution is -2.52. The van der Waals surface area contributed by atoms with E-state index in [9.17, 15) is 4.79 Å². The first-order valence-electron chi connectivity index (χ1n) is 8.85. The SMILES string of the molecule is Cc1ccccc1-n1nc(C(=O)N2CCNCC2C)c2c1CCC2. The average molecular weight is 324 g/mol. The van der Waals surface area contributed by atoms with Crippen LogP contribution in [0.1, 0.15) is 40.7 Å². The van der Waals surface area contributed by atoms with E-state index >= 15 is 0 Å². The third-order valence-corrected chi connectivity index (χ3v) is 5.24. The van der Waals surface area contributed by atoms with Crippen LogP contribution in [0.15, 0.2) is 24.3 Å². The fraction of sp³-hybridized carbons (Fsp3) is 0.474. The van der Waals surface area contributed by atoms with Crippen LogP contribution in [0, 0.1) is 6.92 Å². The second-order valence-electron chi connectivity index (χ2n) is 6.88. The fourth-order valence-corrected chi connectivity index (χ4v) is 3.89. The van der Waals surface area contributed by atoms with E-state index in [1.165, 1.54) is 11.3 Å². The summed E-state index contributed by atoms with van der Waals surface area (Å²) in [6, 6.07) is 8.47. The Hall–Kier alpha value is -2.14. The number of para-hydroxylation sites is 1. The van der Waals surface area contributed by atoms with Gasteiger partial charge in [-0.1, -0.05) is 18.2 Å². The van der Waals surface area contributed by atoms with Gasteiger partial charge in [0.15, 0.2) is 5.69 Å². The number of carbonyl (C=O) groups excluding carboxylic acids is 1. The van der Waals surface area contributed by atoms with Crippen molar-refractivity contribution >= 4 is 5.91 Å². The minimum absolute atomic E-state index is 0.0921. The number of benzene rings is 1. The number of fused-ring (bicyclic) bond motifs is 1. The van der Waals surface area contributed by atoms with Gasteiger partial charge in [0, 0.05) is 36.9 Å². The van der Waals surface area contributed by atoms with E-state index in [0.29, 0.717) is 5.69 Å². The molecule has 0 spiro atoms. The summed E-state index contributed by atoms with van der Waals surface area (Å²) < 4.78 is 2.01. The summed E-state index contributed by atoms with van der Waals surface area (Å²) in [6.07, 6.45) is 3.07. The molecule has 2 aliphatic rings. The summed E-state index contributed by atoms with van der Waals surface area (Å²) in [4.78, 5) is 15.1. The van der Waals surface area contributed by atoms with Gasteiger partial charge in [-0.25, -0.2) is 4.68 Å². The maximum Gasteiger partial charge on any atom is 0.274 e. The van der Waals surface area contributed by atoms with Gasteiger partial charge in [0.2, 0.25) is 0 Å². The van der Waals surface area contributed by atoms with Crippen molar-refractivity contribution in [2.75, 3.05) is 19.6 Å². The first-order valence-corrected chi connectivity index (χ1v) is 8.85. The van der Waals surface area contributed by atoms with E-state index in [1.54, 1.807) is 0 Å². The summed E-state index contributed by atoms with van der Waals surface area (Å²) in [6.45, 7) is 6.66. The molecule has 1 aromatic carbocycles. The third-order valence-electron chi connectivity index (χ3n) is 5.24. The number of piperazine rings is 1. The van der Waals surface area contributed by atoms with Crippen LogP contribution in [0.4, 0.5) is 0 Å². The van der Waals surface area contributed by atoms with Gasteiger partial charge in [0.25, 0.3) is 5.91 Å². The van der Waals surface area contributed by atoms with Gasteiger partial charge in [0.1, 0.15) is 0 Å². The third kappa shape index (κ3) is 2.44. The summed E-state index contributed by atoms with van der Waals surface area (Å²) in [5.41, 5.74) is 5.32. The van der Waals surface area contributed by atoms with Crippen molar-refractivity contribution in [1.82, 2.24) is 20.0 Å². The zero-order valence-corrected chi connectivity index (χ0v) is 14.4. The van der Waals surface area contributed by atoms with Gasteiger partial charge in [-0.2, -0.15) is 5.10 Å². The molecule has 0 saturated carbocycles. The van der Waals surface area contributed by atoms with E-state index in [4.69, 9.17) is 5.10 Å². The molecule has 1 aromatic heterocycles. The maximum absolute atomic E-state index is 13.1. The molecule has 1 unspecified atom stereocenters. The standard InChI is InChI=1S/C19H24N4O/c1-13-6-3-4-8-16(13)23-17-9-5-7-15(17)18(21-23)19(24)22-11-10-20-12-14(22)2/h3-4,6,8,14,20H,5,7,9-12H2,1-2H3. The Kier molecular flexibility index (Phi) is 3.88. The Labute approximate surface area is 142 Å². The predicted molar refractivity (Wildman–Crippen MR) is 93.7 cm³/mol. The Bertz CT molecular complexity index is 780. The van der Waals surface area contributed by atoms with Gasteiger partial charge in [-0.05, 0) is 44.7 Å². The van der Waals surface area contributed by atoms with Gasteiger partial charge in [-0.15, -0.1) is 0 Å². The lowest BCUT2D eigenvalue weighted by atomic mass is 10.1. The maximum atomic E-state index is 13.1. The molecule has 2 heterocycles. The van der Waals surface area contributed by atoms with Crippen molar-refractivity contribution in [3.05, 3.63) is 46.8 Å². The molecule has 2 aromatic rings. The van der Waals surface area contributed by atoms with Crippen LogP contribution in [0.25, 0.3) is 5.69 Å². The van der Waals surface area contributed by atoms with E-state index in [0.717, 1.165) is 50.1 Å². The van der Waals surface area contributed by atoms with Crippen molar-refractivity contribution in [1.29, 1.82) is 0 Å². The number of amides is 1. The highest BCUT2D eigenvalue weighted by atomic mass is 16.2. The van der Waals surface area contributed by atoms with E-state index < -0.39 is 0 Å². The minimum atomic E-state index is 0.0921. The molecule has 5 heteroatoms. The highest BCUT2D eigenvalue weighted by Gasteiger charge is 2.32. The van der Waals surface area contributed by atoms with Crippen molar-refractivity contribution in [2.45, 2.75) is 39.2 Å². The Morgan fingerprint density at radius 2 is 2.12 bits per heavy atom. The summed E-state index contributed by atoms with van der Waals surface area (Å²) in [5, 5.41) is 8.12. The molecule has 1 fully saturated rings. The van der Waals surface area contributed by atoms with E-state index in [1.807, 2.05) is 21.7 Å². The summed E-state index contributed by atoms with van der Waals surface area (Å²) in [7, 11) is 0. The van der Waals surface area contributed by atoms with Crippen molar-refractivity contribution in [2.24, 2.45) is 0 Å². The second kappa shape index (κ2) is 6.06. The van der Waals surface area contributed by atoms with E-state index in [2.05, 4.69) is 31.3 Å². The van der Waals surface area contributed by atoms with Crippen LogP contribution >= 0.6 is 0 Å². The molecule has 0 radical (unpaired) electrons. The van der Waals surface area contributed by atoms with Crippen LogP contribution < -0.4 is 5.32 Å². The normalized spacial score (nSPS) is 20.2. The van der Waals surface area contributed by atoms with Gasteiger partial charge in [-0.3, -0.25) is 4.79 Å². The highest BCUT2D eigenvalue weighted by molar-refractivity contribution is 5.94. The molecule has 24 heavy (non-hydrogen) atoms. The summed E-state index contributed by atoms with van der Waals surface area (Å²) in [5.74, 6) is 0.0921. The zero-order chi connectivity index (χ0) is 16.7. The van der Waals surface area contributed by atoms with E-state index in [-0.39, 0.29) is 11.9 Å². The first kappa shape index (κ1) is 15.4. The molecule has 4 rings (SSSR count). The monoisotopic (exact) mass is 324 g/mol. The molecule has 0 bridgehead atoms. The predicted octanol–water partition coefficient (Wildman–Crippen LogP) is 2.10. The molecular weight excluding hydrogens is 300 g/mol. The topological polar surface area (TPSA) is 50.2 Å². The number of aryl methyl sites for hydroxylation is 1. The van der Waals surface area contributed by atoms with Crippen LogP contribution in [0.3, 0.4) is 0 Å². The molecule has 1 saturated heterocycles. The number of aromatic nitrogens is 2. The molecule has 1 amide bonds. The fourth-order valence-electron chi connectivity index (χ4n) is 3.89. The zero-order valence-electron chi connectivity index (χ0n) is 14.4. The molecule has 1 N–H and O–H groups in total. The van der Waals surface area contributed by atoms with Crippen molar-refractivity contribution in [3.63, 3.8) is 0 Å². The number of nitrogens with one attached hydrogen (secondary N) is 1. The van der Waals surface area contributed by atoms with Crippen molar-refractivity contribution in [3.8, 4) is 5.69 Å². The molecule has 1 atom stereocenters. The Balaban J connectivity index is 1.76. The average Bonchev–Trinajstić information content (AvgIpc) is 3.18. The second-order valence-corrected chi connectivity index (χ2v) is 6.88. The highest BCUT2D eigenvalue weighted by Crippen LogP contribution is 2.29.